The SMILES string of the molecule is CCOc1ccc(NC(=O)CN2C(=O)S/C(=C/c3cc(Cl)c(OCc4cccc(C)c4)c(Cl)c3)C2=O)cc1. The van der Waals surface area contributed by atoms with E-state index in [2.05, 4.69) is 5.32 Å². The highest BCUT2D eigenvalue weighted by atomic mass is 35.5. The quantitative estimate of drug-likeness (QED) is 0.280. The number of nitrogens with one attached hydrogen (secondary N) is 1. The number of carbonyl (C=O) groups excluding carboxylic acids is 3. The Balaban J connectivity index is 1.40. The summed E-state index contributed by atoms with van der Waals surface area (Å²) >= 11 is 13.6. The monoisotopic (exact) mass is 570 g/mol. The average molecular weight is 571 g/mol. The number of benzene rings is 3. The van der Waals surface area contributed by atoms with Crippen LogP contribution in [0.25, 0.3) is 6.08 Å². The van der Waals surface area contributed by atoms with E-state index in [1.807, 2.05) is 38.1 Å². The van der Waals surface area contributed by atoms with E-state index in [9.17, 15) is 14.4 Å². The molecular weight excluding hydrogens is 547 g/mol. The van der Waals surface area contributed by atoms with E-state index < -0.39 is 23.6 Å². The second-order valence-electron chi connectivity index (χ2n) is 8.36. The van der Waals surface area contributed by atoms with E-state index in [1.165, 1.54) is 6.08 Å². The molecule has 0 unspecified atom stereocenters. The van der Waals surface area contributed by atoms with Crippen LogP contribution in [0, 0.1) is 6.92 Å². The highest BCUT2D eigenvalue weighted by molar-refractivity contribution is 8.18. The number of imide groups is 1. The van der Waals surface area contributed by atoms with Crippen LogP contribution in [0.2, 0.25) is 10.0 Å². The Morgan fingerprint density at radius 3 is 2.39 bits per heavy atom. The zero-order valence-corrected chi connectivity index (χ0v) is 23.0. The van der Waals surface area contributed by atoms with Gasteiger partial charge in [0.1, 0.15) is 18.9 Å². The first-order valence-electron chi connectivity index (χ1n) is 11.7. The van der Waals surface area contributed by atoms with Crippen LogP contribution in [-0.2, 0) is 16.2 Å². The second-order valence-corrected chi connectivity index (χ2v) is 10.2. The summed E-state index contributed by atoms with van der Waals surface area (Å²) in [6.07, 6.45) is 1.51. The number of halogens is 2. The molecule has 4 rings (SSSR count). The zero-order valence-electron chi connectivity index (χ0n) is 20.6. The van der Waals surface area contributed by atoms with E-state index in [-0.39, 0.29) is 21.6 Å². The maximum absolute atomic E-state index is 12.9. The molecule has 0 spiro atoms. The van der Waals surface area contributed by atoms with Crippen molar-refractivity contribution < 1.29 is 23.9 Å². The predicted molar refractivity (Wildman–Crippen MR) is 151 cm³/mol. The maximum atomic E-state index is 12.9. The average Bonchev–Trinajstić information content (AvgIpc) is 3.12. The van der Waals surface area contributed by atoms with Gasteiger partial charge in [-0.2, -0.15) is 0 Å². The molecule has 3 aromatic rings. The summed E-state index contributed by atoms with van der Waals surface area (Å²) in [6, 6.07) is 17.9. The molecule has 3 aromatic carbocycles. The molecule has 1 saturated heterocycles. The van der Waals surface area contributed by atoms with Crippen LogP contribution >= 0.6 is 35.0 Å². The van der Waals surface area contributed by atoms with Crippen LogP contribution in [0.5, 0.6) is 11.5 Å². The van der Waals surface area contributed by atoms with Gasteiger partial charge in [0.25, 0.3) is 11.1 Å². The number of rotatable bonds is 9. The number of anilines is 1. The van der Waals surface area contributed by atoms with Gasteiger partial charge in [0.2, 0.25) is 5.91 Å². The standard InChI is InChI=1S/C28H24Cl2N2O5S/c1-3-36-21-9-7-20(8-10-21)31-25(33)15-32-27(34)24(38-28(32)35)14-19-12-22(29)26(23(30)13-19)37-16-18-6-4-5-17(2)11-18/h4-14H,3,15-16H2,1-2H3,(H,31,33)/b24-14+. The zero-order chi connectivity index (χ0) is 27.2. The molecule has 3 amide bonds. The van der Waals surface area contributed by atoms with Crippen LogP contribution in [0.1, 0.15) is 23.6 Å². The third kappa shape index (κ3) is 6.89. The van der Waals surface area contributed by atoms with Gasteiger partial charge in [-0.05, 0) is 79.2 Å². The third-order valence-electron chi connectivity index (χ3n) is 5.41. The van der Waals surface area contributed by atoms with Gasteiger partial charge in [-0.3, -0.25) is 19.3 Å². The van der Waals surface area contributed by atoms with Crippen molar-refractivity contribution in [1.29, 1.82) is 0 Å². The molecule has 1 aliphatic heterocycles. The number of carbonyl (C=O) groups is 3. The lowest BCUT2D eigenvalue weighted by atomic mass is 10.1. The highest BCUT2D eigenvalue weighted by Gasteiger charge is 2.36. The first-order valence-corrected chi connectivity index (χ1v) is 13.3. The van der Waals surface area contributed by atoms with Crippen molar-refractivity contribution in [2.24, 2.45) is 0 Å². The molecule has 0 aromatic heterocycles. The molecule has 1 N–H and O–H groups in total. The lowest BCUT2D eigenvalue weighted by Crippen LogP contribution is -2.36. The minimum atomic E-state index is -0.575. The van der Waals surface area contributed by atoms with Crippen LogP contribution in [-0.4, -0.2) is 35.1 Å². The number of ether oxygens (including phenoxy) is 2. The summed E-state index contributed by atoms with van der Waals surface area (Å²) in [4.78, 5) is 38.9. The van der Waals surface area contributed by atoms with E-state index in [1.54, 1.807) is 36.4 Å². The fraction of sp³-hybridized carbons (Fsp3) is 0.179. The molecule has 0 aliphatic carbocycles. The molecule has 0 atom stereocenters. The third-order valence-corrected chi connectivity index (χ3v) is 6.88. The van der Waals surface area contributed by atoms with Crippen molar-refractivity contribution in [2.45, 2.75) is 20.5 Å². The van der Waals surface area contributed by atoms with Crippen molar-refractivity contribution in [3.05, 3.63) is 92.3 Å². The Hall–Kier alpha value is -3.46. The number of nitrogens with zero attached hydrogens (tertiary/aromatic N) is 1. The summed E-state index contributed by atoms with van der Waals surface area (Å²) < 4.78 is 11.2. The molecule has 196 valence electrons. The fourth-order valence-electron chi connectivity index (χ4n) is 3.69. The minimum absolute atomic E-state index is 0.157. The van der Waals surface area contributed by atoms with Crippen molar-refractivity contribution in [2.75, 3.05) is 18.5 Å². The Bertz CT molecular complexity index is 1390. The Morgan fingerprint density at radius 2 is 1.74 bits per heavy atom. The van der Waals surface area contributed by atoms with Gasteiger partial charge >= 0.3 is 0 Å². The summed E-state index contributed by atoms with van der Waals surface area (Å²) in [7, 11) is 0. The molecule has 1 aliphatic rings. The summed E-state index contributed by atoms with van der Waals surface area (Å²) in [5, 5.41) is 2.67. The van der Waals surface area contributed by atoms with Crippen LogP contribution in [0.4, 0.5) is 10.5 Å². The van der Waals surface area contributed by atoms with Gasteiger partial charge in [-0.1, -0.05) is 53.0 Å². The van der Waals surface area contributed by atoms with E-state index >= 15 is 0 Å². The molecule has 0 bridgehead atoms. The Morgan fingerprint density at radius 1 is 1.03 bits per heavy atom. The van der Waals surface area contributed by atoms with Crippen molar-refractivity contribution in [1.82, 2.24) is 4.90 Å². The number of aryl methyl sites for hydroxylation is 1. The van der Waals surface area contributed by atoms with Gasteiger partial charge in [0, 0.05) is 5.69 Å². The summed E-state index contributed by atoms with van der Waals surface area (Å²) in [5.74, 6) is -0.0773. The van der Waals surface area contributed by atoms with Gasteiger partial charge in [0.15, 0.2) is 5.75 Å². The molecule has 0 radical (unpaired) electrons. The van der Waals surface area contributed by atoms with E-state index in [0.29, 0.717) is 29.4 Å². The number of amides is 3. The summed E-state index contributed by atoms with van der Waals surface area (Å²) in [5.41, 5.74) is 3.13. The number of thioether (sulfide) groups is 1. The number of hydrogen-bond donors (Lipinski definition) is 1. The molecule has 1 fully saturated rings. The lowest BCUT2D eigenvalue weighted by molar-refractivity contribution is -0.127. The smallest absolute Gasteiger partial charge is 0.294 e. The first-order chi connectivity index (χ1) is 18.2. The van der Waals surface area contributed by atoms with Crippen LogP contribution in [0.3, 0.4) is 0 Å². The van der Waals surface area contributed by atoms with Crippen LogP contribution in [0.15, 0.2) is 65.6 Å². The predicted octanol–water partition coefficient (Wildman–Crippen LogP) is 6.95. The van der Waals surface area contributed by atoms with Gasteiger partial charge in [-0.15, -0.1) is 0 Å². The topological polar surface area (TPSA) is 84.9 Å². The first kappa shape index (κ1) is 27.6. The Labute approximate surface area is 234 Å². The lowest BCUT2D eigenvalue weighted by Gasteiger charge is -2.13. The van der Waals surface area contributed by atoms with Gasteiger partial charge < -0.3 is 14.8 Å². The summed E-state index contributed by atoms with van der Waals surface area (Å²) in [6.45, 7) is 4.28. The second kappa shape index (κ2) is 12.4. The molecule has 7 nitrogen and oxygen atoms in total. The van der Waals surface area contributed by atoms with Gasteiger partial charge in [0.05, 0.1) is 21.6 Å². The maximum Gasteiger partial charge on any atom is 0.294 e. The van der Waals surface area contributed by atoms with Crippen molar-refractivity contribution in [3.63, 3.8) is 0 Å². The highest BCUT2D eigenvalue weighted by Crippen LogP contribution is 2.38. The largest absolute Gasteiger partial charge is 0.494 e. The molecule has 1 heterocycles. The molecular formula is C28H24Cl2N2O5S. The normalized spacial score (nSPS) is 14.2. The van der Waals surface area contributed by atoms with E-state index in [0.717, 1.165) is 27.8 Å². The Kier molecular flexibility index (Phi) is 8.99. The minimum Gasteiger partial charge on any atom is -0.494 e. The van der Waals surface area contributed by atoms with E-state index in [4.69, 9.17) is 32.7 Å². The molecule has 0 saturated carbocycles. The molecule has 38 heavy (non-hydrogen) atoms. The van der Waals surface area contributed by atoms with Crippen LogP contribution < -0.4 is 14.8 Å². The van der Waals surface area contributed by atoms with Crippen molar-refractivity contribution >= 4 is 63.8 Å². The van der Waals surface area contributed by atoms with Gasteiger partial charge in [-0.25, -0.2) is 0 Å². The number of hydrogen-bond acceptors (Lipinski definition) is 6. The fourth-order valence-corrected chi connectivity index (χ4v) is 5.14. The van der Waals surface area contributed by atoms with Crippen molar-refractivity contribution in [3.8, 4) is 11.5 Å². The molecule has 10 heteroatoms.